The minimum Gasteiger partial charge on any atom is -0.516 e. The first-order valence-corrected chi connectivity index (χ1v) is 10.5. The summed E-state index contributed by atoms with van der Waals surface area (Å²) >= 11 is 0. The van der Waals surface area contributed by atoms with Crippen LogP contribution in [-0.2, 0) is 0 Å². The van der Waals surface area contributed by atoms with Gasteiger partial charge in [0.25, 0.3) is 0 Å². The van der Waals surface area contributed by atoms with E-state index in [1.54, 1.807) is 6.08 Å². The van der Waals surface area contributed by atoms with Crippen molar-refractivity contribution in [3.63, 3.8) is 0 Å². The van der Waals surface area contributed by atoms with Crippen molar-refractivity contribution in [1.82, 2.24) is 0 Å². The molecule has 0 aromatic heterocycles. The number of allylic oxidation sites excluding steroid dienone is 4. The van der Waals surface area contributed by atoms with Crippen LogP contribution in [0.4, 0.5) is 0 Å². The van der Waals surface area contributed by atoms with E-state index in [9.17, 15) is 0 Å². The third-order valence-electron chi connectivity index (χ3n) is 4.06. The molecule has 0 bridgehead atoms. The number of hydrogen-bond acceptors (Lipinski definition) is 1. The zero-order valence-electron chi connectivity index (χ0n) is 14.3. The second-order valence-electron chi connectivity index (χ2n) is 5.69. The number of hydrogen-bond donors (Lipinski definition) is 1. The van der Waals surface area contributed by atoms with Gasteiger partial charge in [-0.25, -0.2) is 0 Å². The van der Waals surface area contributed by atoms with E-state index in [1.807, 2.05) is 12.2 Å². The smallest absolute Gasteiger partial charge is 0.104 e. The highest BCUT2D eigenvalue weighted by atomic mass is 31.2. The SMILES string of the molecule is CCCC[P+](/C=C/C=C\C=C/O)(c1ccccc1)c1ccccc1. The van der Waals surface area contributed by atoms with Gasteiger partial charge in [-0.15, -0.1) is 0 Å². The first-order valence-electron chi connectivity index (χ1n) is 8.47. The van der Waals surface area contributed by atoms with Crippen LogP contribution < -0.4 is 10.6 Å². The molecule has 124 valence electrons. The number of benzene rings is 2. The van der Waals surface area contributed by atoms with Crippen LogP contribution in [0.1, 0.15) is 19.8 Å². The third-order valence-corrected chi connectivity index (χ3v) is 8.20. The lowest BCUT2D eigenvalue weighted by atomic mass is 10.4. The van der Waals surface area contributed by atoms with Crippen molar-refractivity contribution in [1.29, 1.82) is 0 Å². The molecule has 2 aromatic carbocycles. The molecule has 24 heavy (non-hydrogen) atoms. The molecule has 0 amide bonds. The number of unbranched alkanes of at least 4 members (excludes halogenated alkanes) is 1. The molecule has 0 spiro atoms. The molecule has 0 radical (unpaired) electrons. The molecule has 1 N–H and O–H groups in total. The van der Waals surface area contributed by atoms with Gasteiger partial charge in [0.15, 0.2) is 0 Å². The van der Waals surface area contributed by atoms with E-state index in [0.717, 1.165) is 6.26 Å². The Morgan fingerprint density at radius 3 is 1.83 bits per heavy atom. The molecule has 0 unspecified atom stereocenters. The molecule has 2 aromatic rings. The van der Waals surface area contributed by atoms with Gasteiger partial charge >= 0.3 is 0 Å². The van der Waals surface area contributed by atoms with Gasteiger partial charge < -0.3 is 5.11 Å². The summed E-state index contributed by atoms with van der Waals surface area (Å²) < 4.78 is 0. The van der Waals surface area contributed by atoms with Gasteiger partial charge in [0.1, 0.15) is 17.9 Å². The first kappa shape index (κ1) is 18.2. The highest BCUT2D eigenvalue weighted by molar-refractivity contribution is 7.92. The molecule has 1 nitrogen and oxygen atoms in total. The van der Waals surface area contributed by atoms with Crippen LogP contribution in [0.15, 0.2) is 97.0 Å². The van der Waals surface area contributed by atoms with Gasteiger partial charge in [-0.05, 0) is 42.8 Å². The van der Waals surface area contributed by atoms with Crippen molar-refractivity contribution in [2.75, 3.05) is 6.16 Å². The van der Waals surface area contributed by atoms with Crippen LogP contribution in [0.2, 0.25) is 0 Å². The van der Waals surface area contributed by atoms with Crippen molar-refractivity contribution in [2.24, 2.45) is 0 Å². The van der Waals surface area contributed by atoms with E-state index in [0.29, 0.717) is 0 Å². The molecular formula is C22H26OP+. The van der Waals surface area contributed by atoms with Gasteiger partial charge in [-0.2, -0.15) is 0 Å². The van der Waals surface area contributed by atoms with Crippen LogP contribution in [0.25, 0.3) is 0 Å². The lowest BCUT2D eigenvalue weighted by Crippen LogP contribution is -2.23. The summed E-state index contributed by atoms with van der Waals surface area (Å²) in [6.45, 7) is 2.25. The lowest BCUT2D eigenvalue weighted by Gasteiger charge is -2.23. The van der Waals surface area contributed by atoms with Gasteiger partial charge in [0.05, 0.1) is 18.2 Å². The van der Waals surface area contributed by atoms with Gasteiger partial charge in [-0.1, -0.05) is 61.9 Å². The van der Waals surface area contributed by atoms with Gasteiger partial charge in [0, 0.05) is 0 Å². The molecular weight excluding hydrogens is 311 g/mol. The van der Waals surface area contributed by atoms with E-state index < -0.39 is 7.26 Å². The molecule has 0 fully saturated rings. The van der Waals surface area contributed by atoms with Crippen molar-refractivity contribution in [3.05, 3.63) is 97.0 Å². The minimum atomic E-state index is -1.58. The summed E-state index contributed by atoms with van der Waals surface area (Å²) in [5.41, 5.74) is 0. The predicted octanol–water partition coefficient (Wildman–Crippen LogP) is 5.60. The highest BCUT2D eigenvalue weighted by Gasteiger charge is 2.39. The number of rotatable bonds is 8. The number of aliphatic hydroxyl groups is 1. The Hall–Kier alpha value is -2.11. The summed E-state index contributed by atoms with van der Waals surface area (Å²) in [7, 11) is -1.58. The van der Waals surface area contributed by atoms with Crippen molar-refractivity contribution in [2.45, 2.75) is 19.8 Å². The molecule has 0 aliphatic heterocycles. The topological polar surface area (TPSA) is 20.2 Å². The summed E-state index contributed by atoms with van der Waals surface area (Å²) in [5, 5.41) is 11.6. The molecule has 0 aliphatic carbocycles. The normalized spacial score (nSPS) is 12.5. The van der Waals surface area contributed by atoms with E-state index in [4.69, 9.17) is 5.11 Å². The number of aliphatic hydroxyl groups excluding tert-OH is 1. The van der Waals surface area contributed by atoms with Crippen molar-refractivity contribution >= 4 is 17.9 Å². The van der Waals surface area contributed by atoms with Crippen LogP contribution in [0, 0.1) is 0 Å². The predicted molar refractivity (Wildman–Crippen MR) is 109 cm³/mol. The van der Waals surface area contributed by atoms with Crippen LogP contribution in [0.5, 0.6) is 0 Å². The summed E-state index contributed by atoms with van der Waals surface area (Å²) in [4.78, 5) is 0. The minimum absolute atomic E-state index is 1.05. The zero-order valence-corrected chi connectivity index (χ0v) is 15.1. The van der Waals surface area contributed by atoms with Crippen molar-refractivity contribution in [3.8, 4) is 0 Å². The maximum Gasteiger partial charge on any atom is 0.104 e. The lowest BCUT2D eigenvalue weighted by molar-refractivity contribution is 0.474. The van der Waals surface area contributed by atoms with Crippen LogP contribution in [-0.4, -0.2) is 11.3 Å². The Balaban J connectivity index is 2.51. The molecule has 0 aliphatic rings. The fourth-order valence-electron chi connectivity index (χ4n) is 2.82. The van der Waals surface area contributed by atoms with E-state index in [2.05, 4.69) is 79.5 Å². The van der Waals surface area contributed by atoms with Crippen LogP contribution >= 0.6 is 7.26 Å². The second-order valence-corrected chi connectivity index (χ2v) is 9.20. The summed E-state index contributed by atoms with van der Waals surface area (Å²) in [6, 6.07) is 21.8. The van der Waals surface area contributed by atoms with E-state index in [1.165, 1.54) is 29.6 Å². The second kappa shape index (κ2) is 9.90. The fraction of sp³-hybridized carbons (Fsp3) is 0.182. The van der Waals surface area contributed by atoms with E-state index in [-0.39, 0.29) is 0 Å². The van der Waals surface area contributed by atoms with Gasteiger partial charge in [-0.3, -0.25) is 0 Å². The summed E-state index contributed by atoms with van der Waals surface area (Å²) in [5.74, 6) is 2.40. The molecule has 0 atom stereocenters. The molecule has 0 saturated carbocycles. The molecule has 0 heterocycles. The quantitative estimate of drug-likeness (QED) is 0.378. The van der Waals surface area contributed by atoms with Crippen LogP contribution in [0.3, 0.4) is 0 Å². The zero-order chi connectivity index (χ0) is 17.1. The standard InChI is InChI=1S/C22H25OP/c1-2-3-19-24(20-13-5-4-12-18-23,21-14-8-6-9-15-21)22-16-10-7-11-17-22/h4-18,20H,2-3,19H2,1H3/p+1/b5-4-,18-12-,20-13+. The fourth-order valence-corrected chi connectivity index (χ4v) is 6.75. The molecule has 2 heteroatoms. The Morgan fingerprint density at radius 1 is 0.792 bits per heavy atom. The Labute approximate surface area is 146 Å². The van der Waals surface area contributed by atoms with E-state index >= 15 is 0 Å². The molecule has 2 rings (SSSR count). The monoisotopic (exact) mass is 337 g/mol. The summed E-state index contributed by atoms with van der Waals surface area (Å²) in [6.07, 6.45) is 12.2. The van der Waals surface area contributed by atoms with Crippen molar-refractivity contribution < 1.29 is 5.11 Å². The maximum atomic E-state index is 8.75. The average molecular weight is 337 g/mol. The van der Waals surface area contributed by atoms with Gasteiger partial charge in [0.2, 0.25) is 0 Å². The third kappa shape index (κ3) is 4.69. The highest BCUT2D eigenvalue weighted by Crippen LogP contribution is 2.58. The Bertz CT molecular complexity index is 632. The Kier molecular flexibility index (Phi) is 7.52. The first-order chi connectivity index (χ1) is 11.8. The Morgan fingerprint density at radius 2 is 1.33 bits per heavy atom. The molecule has 0 saturated heterocycles. The average Bonchev–Trinajstić information content (AvgIpc) is 2.66. The maximum absolute atomic E-state index is 8.75. The largest absolute Gasteiger partial charge is 0.516 e.